The van der Waals surface area contributed by atoms with Crippen molar-refractivity contribution in [3.8, 4) is 5.75 Å². The summed E-state index contributed by atoms with van der Waals surface area (Å²) in [4.78, 5) is 41.1. The van der Waals surface area contributed by atoms with Gasteiger partial charge in [0.2, 0.25) is 5.91 Å². The molecule has 2 aromatic carbocycles. The number of anilines is 1. The molecule has 0 aromatic heterocycles. The lowest BCUT2D eigenvalue weighted by Gasteiger charge is -2.37. The lowest BCUT2D eigenvalue weighted by Crippen LogP contribution is -2.53. The maximum atomic E-state index is 13.7. The van der Waals surface area contributed by atoms with Gasteiger partial charge in [-0.2, -0.15) is 0 Å². The van der Waals surface area contributed by atoms with E-state index in [1.54, 1.807) is 52.0 Å². The largest absolute Gasteiger partial charge is 0.508 e. The fourth-order valence-corrected chi connectivity index (χ4v) is 3.62. The topological polar surface area (TPSA) is 108 Å². The molecule has 3 N–H and O–H groups in total. The molecule has 2 aromatic rings. The molecule has 0 spiro atoms. The van der Waals surface area contributed by atoms with Gasteiger partial charge in [0.05, 0.1) is 0 Å². The van der Waals surface area contributed by atoms with E-state index in [2.05, 4.69) is 10.6 Å². The van der Waals surface area contributed by atoms with Crippen LogP contribution in [0.1, 0.15) is 65.1 Å². The third kappa shape index (κ3) is 7.47. The van der Waals surface area contributed by atoms with E-state index in [4.69, 9.17) is 4.74 Å². The van der Waals surface area contributed by atoms with Crippen molar-refractivity contribution in [2.45, 2.75) is 78.6 Å². The molecule has 3 atom stereocenters. The van der Waals surface area contributed by atoms with Crippen LogP contribution in [0.4, 0.5) is 10.5 Å². The highest BCUT2D eigenvalue weighted by Crippen LogP contribution is 2.33. The molecule has 0 radical (unpaired) electrons. The van der Waals surface area contributed by atoms with E-state index < -0.39 is 35.6 Å². The molecule has 2 rings (SSSR count). The summed E-state index contributed by atoms with van der Waals surface area (Å²) in [5.41, 5.74) is 1.03. The van der Waals surface area contributed by atoms with Crippen LogP contribution in [0, 0.1) is 6.92 Å². The van der Waals surface area contributed by atoms with Crippen LogP contribution in [-0.2, 0) is 14.3 Å². The second kappa shape index (κ2) is 11.7. The van der Waals surface area contributed by atoms with E-state index >= 15 is 0 Å². The van der Waals surface area contributed by atoms with Gasteiger partial charge >= 0.3 is 6.09 Å². The number of nitrogens with zero attached hydrogens (tertiary/aromatic N) is 1. The Kier molecular flexibility index (Phi) is 9.28. The van der Waals surface area contributed by atoms with Crippen molar-refractivity contribution in [2.75, 3.05) is 5.32 Å². The molecule has 8 heteroatoms. The summed E-state index contributed by atoms with van der Waals surface area (Å²) in [5.74, 6) is -1.05. The quantitative estimate of drug-likeness (QED) is 0.494. The first-order valence-electron chi connectivity index (χ1n) is 11.8. The lowest BCUT2D eigenvalue weighted by atomic mass is 9.99. The van der Waals surface area contributed by atoms with Crippen LogP contribution in [0.3, 0.4) is 0 Å². The zero-order chi connectivity index (χ0) is 26.3. The number of ether oxygens (including phenoxy) is 1. The molecule has 3 amide bonds. The Balaban J connectivity index is 2.48. The average molecular weight is 484 g/mol. The van der Waals surface area contributed by atoms with Crippen LogP contribution in [0.5, 0.6) is 5.75 Å². The van der Waals surface area contributed by atoms with Crippen molar-refractivity contribution < 1.29 is 24.2 Å². The maximum Gasteiger partial charge on any atom is 0.408 e. The zero-order valence-electron chi connectivity index (χ0n) is 21.6. The Bertz CT molecular complexity index is 1050. The molecule has 0 bridgehead atoms. The fraction of sp³-hybridized carbons (Fsp3) is 0.444. The third-order valence-electron chi connectivity index (χ3n) is 5.58. The number of aryl methyl sites for hydroxylation is 1. The van der Waals surface area contributed by atoms with E-state index in [0.29, 0.717) is 12.1 Å². The molecule has 3 unspecified atom stereocenters. The standard InChI is InChI=1S/C27H37N3O5/c1-8-18(3)30(25(33)19(4)28-26(34)35-27(5,6)7)23(20-14-10-12-16-22(20)31)24(32)29-21-15-11-9-13-17(21)2/h9-16,18-19,23,31H,8H2,1-7H3,(H,28,34)(H,29,32). The van der Waals surface area contributed by atoms with Crippen molar-refractivity contribution in [3.05, 3.63) is 59.7 Å². The number of hydrogen-bond acceptors (Lipinski definition) is 5. The molecule has 0 fully saturated rings. The molecular formula is C27H37N3O5. The monoisotopic (exact) mass is 483 g/mol. The molecule has 8 nitrogen and oxygen atoms in total. The van der Waals surface area contributed by atoms with Gasteiger partial charge < -0.3 is 25.4 Å². The molecule has 0 saturated carbocycles. The van der Waals surface area contributed by atoms with Gasteiger partial charge in [-0.3, -0.25) is 9.59 Å². The highest BCUT2D eigenvalue weighted by atomic mass is 16.6. The van der Waals surface area contributed by atoms with Crippen LogP contribution in [0.25, 0.3) is 0 Å². The molecule has 190 valence electrons. The van der Waals surface area contributed by atoms with Gasteiger partial charge in [0.15, 0.2) is 0 Å². The van der Waals surface area contributed by atoms with E-state index in [1.807, 2.05) is 39.0 Å². The molecule has 0 heterocycles. The molecule has 0 aliphatic heterocycles. The van der Waals surface area contributed by atoms with Gasteiger partial charge in [-0.25, -0.2) is 4.79 Å². The summed E-state index contributed by atoms with van der Waals surface area (Å²) in [6.07, 6.45) is -0.182. The number of benzene rings is 2. The number of nitrogens with one attached hydrogen (secondary N) is 2. The minimum absolute atomic E-state index is 0.105. The third-order valence-corrected chi connectivity index (χ3v) is 5.58. The van der Waals surface area contributed by atoms with Gasteiger partial charge in [-0.1, -0.05) is 43.3 Å². The maximum absolute atomic E-state index is 13.7. The Labute approximate surface area is 207 Å². The summed E-state index contributed by atoms with van der Waals surface area (Å²) in [6.45, 7) is 12.3. The molecular weight excluding hydrogens is 446 g/mol. The lowest BCUT2D eigenvalue weighted by molar-refractivity contribution is -0.143. The Morgan fingerprint density at radius 2 is 1.63 bits per heavy atom. The molecule has 0 aliphatic carbocycles. The highest BCUT2D eigenvalue weighted by molar-refractivity contribution is 5.99. The number of phenolic OH excluding ortho intramolecular Hbond substituents is 1. The number of rotatable bonds is 8. The summed E-state index contributed by atoms with van der Waals surface area (Å²) in [6, 6.07) is 11.3. The average Bonchev–Trinajstić information content (AvgIpc) is 2.77. The number of para-hydroxylation sites is 2. The van der Waals surface area contributed by atoms with Crippen LogP contribution < -0.4 is 10.6 Å². The molecule has 35 heavy (non-hydrogen) atoms. The second-order valence-electron chi connectivity index (χ2n) is 9.64. The first-order valence-corrected chi connectivity index (χ1v) is 11.8. The van der Waals surface area contributed by atoms with E-state index in [9.17, 15) is 19.5 Å². The SMILES string of the molecule is CCC(C)N(C(=O)C(C)NC(=O)OC(C)(C)C)C(C(=O)Nc1ccccc1C)c1ccccc1O. The number of amides is 3. The summed E-state index contributed by atoms with van der Waals surface area (Å²) in [7, 11) is 0. The Morgan fingerprint density at radius 3 is 2.20 bits per heavy atom. The van der Waals surface area contributed by atoms with Crippen molar-refractivity contribution in [1.82, 2.24) is 10.2 Å². The van der Waals surface area contributed by atoms with E-state index in [-0.39, 0.29) is 17.4 Å². The van der Waals surface area contributed by atoms with Gasteiger partial charge in [0, 0.05) is 17.3 Å². The van der Waals surface area contributed by atoms with E-state index in [1.165, 1.54) is 11.0 Å². The van der Waals surface area contributed by atoms with Gasteiger partial charge in [0.25, 0.3) is 5.91 Å². The number of aromatic hydroxyl groups is 1. The number of hydrogen-bond donors (Lipinski definition) is 3. The molecule has 0 aliphatic rings. The van der Waals surface area contributed by atoms with Gasteiger partial charge in [0.1, 0.15) is 23.4 Å². The Morgan fingerprint density at radius 1 is 1.03 bits per heavy atom. The second-order valence-corrected chi connectivity index (χ2v) is 9.64. The van der Waals surface area contributed by atoms with Crippen molar-refractivity contribution in [3.63, 3.8) is 0 Å². The highest BCUT2D eigenvalue weighted by Gasteiger charge is 2.38. The minimum Gasteiger partial charge on any atom is -0.508 e. The van der Waals surface area contributed by atoms with Gasteiger partial charge in [-0.05, 0) is 65.7 Å². The fourth-order valence-electron chi connectivity index (χ4n) is 3.62. The first kappa shape index (κ1) is 27.7. The number of carbonyl (C=O) groups excluding carboxylic acids is 3. The van der Waals surface area contributed by atoms with Crippen LogP contribution in [0.2, 0.25) is 0 Å². The number of alkyl carbamates (subject to hydrolysis) is 1. The minimum atomic E-state index is -1.14. The first-order chi connectivity index (χ1) is 16.4. The van der Waals surface area contributed by atoms with Crippen molar-refractivity contribution in [2.24, 2.45) is 0 Å². The predicted octanol–water partition coefficient (Wildman–Crippen LogP) is 4.92. The normalized spacial score (nSPS) is 13.8. The van der Waals surface area contributed by atoms with Gasteiger partial charge in [-0.15, -0.1) is 0 Å². The Hall–Kier alpha value is -3.55. The van der Waals surface area contributed by atoms with Crippen molar-refractivity contribution >= 4 is 23.6 Å². The van der Waals surface area contributed by atoms with Crippen molar-refractivity contribution in [1.29, 1.82) is 0 Å². The summed E-state index contributed by atoms with van der Waals surface area (Å²) >= 11 is 0. The molecule has 0 saturated heterocycles. The predicted molar refractivity (Wildman–Crippen MR) is 136 cm³/mol. The summed E-state index contributed by atoms with van der Waals surface area (Å²) < 4.78 is 5.29. The van der Waals surface area contributed by atoms with E-state index in [0.717, 1.165) is 5.56 Å². The summed E-state index contributed by atoms with van der Waals surface area (Å²) in [5, 5.41) is 16.1. The van der Waals surface area contributed by atoms with Crippen LogP contribution >= 0.6 is 0 Å². The van der Waals surface area contributed by atoms with Crippen LogP contribution in [0.15, 0.2) is 48.5 Å². The number of phenols is 1. The smallest absolute Gasteiger partial charge is 0.408 e. The zero-order valence-corrected chi connectivity index (χ0v) is 21.6. The number of carbonyl (C=O) groups is 3. The van der Waals surface area contributed by atoms with Crippen LogP contribution in [-0.4, -0.2) is 45.6 Å².